The molecule has 110 valence electrons. The van der Waals surface area contributed by atoms with Gasteiger partial charge in [0, 0.05) is 31.6 Å². The number of nitrogens with zero attached hydrogens (tertiary/aromatic N) is 2. The van der Waals surface area contributed by atoms with Crippen molar-refractivity contribution in [3.8, 4) is 0 Å². The maximum Gasteiger partial charge on any atom is 0.165 e. The first-order chi connectivity index (χ1) is 9.56. The third-order valence-corrected chi connectivity index (χ3v) is 4.28. The Morgan fingerprint density at radius 2 is 2.20 bits per heavy atom. The number of ketones is 1. The quantitative estimate of drug-likeness (QED) is 0.754. The SMILES string of the molecule is CN(CCC(=O)c1ccccc1Cl)CC1CCN(C)C1. The van der Waals surface area contributed by atoms with Gasteiger partial charge in [-0.1, -0.05) is 23.7 Å². The average Bonchev–Trinajstić information content (AvgIpc) is 2.82. The minimum atomic E-state index is 0.131. The van der Waals surface area contributed by atoms with Gasteiger partial charge in [0.1, 0.15) is 0 Å². The first kappa shape index (κ1) is 15.5. The van der Waals surface area contributed by atoms with Gasteiger partial charge in [-0.05, 0) is 45.1 Å². The van der Waals surface area contributed by atoms with Gasteiger partial charge in [-0.15, -0.1) is 0 Å². The fraction of sp³-hybridized carbons (Fsp3) is 0.562. The fourth-order valence-corrected chi connectivity index (χ4v) is 3.06. The summed E-state index contributed by atoms with van der Waals surface area (Å²) < 4.78 is 0. The highest BCUT2D eigenvalue weighted by Gasteiger charge is 2.21. The number of Topliss-reactive ketones (excluding diaryl/α,β-unsaturated/α-hetero) is 1. The summed E-state index contributed by atoms with van der Waals surface area (Å²) in [7, 11) is 4.26. The van der Waals surface area contributed by atoms with E-state index in [0.29, 0.717) is 17.0 Å². The molecule has 1 heterocycles. The van der Waals surface area contributed by atoms with E-state index in [0.717, 1.165) is 19.0 Å². The molecule has 0 amide bonds. The lowest BCUT2D eigenvalue weighted by molar-refractivity contribution is 0.0966. The largest absolute Gasteiger partial charge is 0.306 e. The molecule has 0 bridgehead atoms. The van der Waals surface area contributed by atoms with Gasteiger partial charge in [0.05, 0.1) is 5.02 Å². The molecule has 20 heavy (non-hydrogen) atoms. The molecule has 1 aliphatic heterocycles. The Balaban J connectivity index is 1.77. The van der Waals surface area contributed by atoms with Gasteiger partial charge in [-0.25, -0.2) is 0 Å². The van der Waals surface area contributed by atoms with Crippen molar-refractivity contribution in [2.45, 2.75) is 12.8 Å². The van der Waals surface area contributed by atoms with Gasteiger partial charge < -0.3 is 9.80 Å². The number of hydrogen-bond donors (Lipinski definition) is 0. The molecule has 0 aromatic heterocycles. The summed E-state index contributed by atoms with van der Waals surface area (Å²) in [4.78, 5) is 16.8. The zero-order chi connectivity index (χ0) is 14.5. The number of halogens is 1. The number of carbonyl (C=O) groups excluding carboxylic acids is 1. The Morgan fingerprint density at radius 1 is 1.45 bits per heavy atom. The summed E-state index contributed by atoms with van der Waals surface area (Å²) in [6.07, 6.45) is 1.79. The Labute approximate surface area is 126 Å². The first-order valence-electron chi connectivity index (χ1n) is 7.21. The molecule has 1 fully saturated rings. The maximum absolute atomic E-state index is 12.1. The average molecular weight is 295 g/mol. The summed E-state index contributed by atoms with van der Waals surface area (Å²) in [5, 5.41) is 0.553. The number of likely N-dealkylation sites (tertiary alicyclic amines) is 1. The van der Waals surface area contributed by atoms with Crippen LogP contribution in [0.4, 0.5) is 0 Å². The third-order valence-electron chi connectivity index (χ3n) is 3.95. The lowest BCUT2D eigenvalue weighted by Gasteiger charge is -2.20. The van der Waals surface area contributed by atoms with Crippen LogP contribution in [-0.4, -0.2) is 55.9 Å². The van der Waals surface area contributed by atoms with Crippen LogP contribution in [0.25, 0.3) is 0 Å². The molecule has 0 aliphatic carbocycles. The van der Waals surface area contributed by atoms with Crippen LogP contribution in [0, 0.1) is 5.92 Å². The van der Waals surface area contributed by atoms with Gasteiger partial charge in [0.25, 0.3) is 0 Å². The van der Waals surface area contributed by atoms with E-state index in [1.165, 1.54) is 19.5 Å². The molecule has 0 spiro atoms. The fourth-order valence-electron chi connectivity index (χ4n) is 2.82. The summed E-state index contributed by atoms with van der Waals surface area (Å²) >= 11 is 6.05. The Kier molecular flexibility index (Phi) is 5.58. The second-order valence-electron chi connectivity index (χ2n) is 5.83. The molecule has 1 aromatic rings. The van der Waals surface area contributed by atoms with E-state index in [1.54, 1.807) is 12.1 Å². The van der Waals surface area contributed by atoms with Crippen LogP contribution in [-0.2, 0) is 0 Å². The molecule has 1 aliphatic rings. The number of carbonyl (C=O) groups is 1. The molecule has 1 atom stereocenters. The van der Waals surface area contributed by atoms with E-state index >= 15 is 0 Å². The van der Waals surface area contributed by atoms with Crippen LogP contribution in [0.2, 0.25) is 5.02 Å². The van der Waals surface area contributed by atoms with Gasteiger partial charge in [-0.2, -0.15) is 0 Å². The topological polar surface area (TPSA) is 23.6 Å². The minimum absolute atomic E-state index is 0.131. The molecular weight excluding hydrogens is 272 g/mol. The molecule has 0 N–H and O–H groups in total. The van der Waals surface area contributed by atoms with E-state index in [2.05, 4.69) is 23.9 Å². The molecule has 2 rings (SSSR count). The Morgan fingerprint density at radius 3 is 2.85 bits per heavy atom. The minimum Gasteiger partial charge on any atom is -0.306 e. The van der Waals surface area contributed by atoms with E-state index < -0.39 is 0 Å². The first-order valence-corrected chi connectivity index (χ1v) is 7.59. The Hall–Kier alpha value is -0.900. The summed E-state index contributed by atoms with van der Waals surface area (Å²) in [5.74, 6) is 0.867. The second kappa shape index (κ2) is 7.21. The van der Waals surface area contributed by atoms with Gasteiger partial charge in [0.2, 0.25) is 0 Å². The van der Waals surface area contributed by atoms with E-state index in [1.807, 2.05) is 12.1 Å². The lowest BCUT2D eigenvalue weighted by atomic mass is 10.1. The number of benzene rings is 1. The van der Waals surface area contributed by atoms with Gasteiger partial charge in [0.15, 0.2) is 5.78 Å². The number of rotatable bonds is 6. The zero-order valence-corrected chi connectivity index (χ0v) is 13.1. The molecule has 3 nitrogen and oxygen atoms in total. The molecule has 0 saturated carbocycles. The highest BCUT2D eigenvalue weighted by molar-refractivity contribution is 6.33. The van der Waals surface area contributed by atoms with Crippen LogP contribution < -0.4 is 0 Å². The highest BCUT2D eigenvalue weighted by atomic mass is 35.5. The van der Waals surface area contributed by atoms with Crippen molar-refractivity contribution in [2.24, 2.45) is 5.92 Å². The smallest absolute Gasteiger partial charge is 0.165 e. The van der Waals surface area contributed by atoms with E-state index in [-0.39, 0.29) is 5.78 Å². The van der Waals surface area contributed by atoms with Gasteiger partial charge in [-0.3, -0.25) is 4.79 Å². The van der Waals surface area contributed by atoms with Crippen LogP contribution >= 0.6 is 11.6 Å². The second-order valence-corrected chi connectivity index (χ2v) is 6.24. The standard InChI is InChI=1S/C16H23ClN2O/c1-18-9-7-13(11-18)12-19(2)10-8-16(20)14-5-3-4-6-15(14)17/h3-6,13H,7-12H2,1-2H3. The van der Waals surface area contributed by atoms with Crippen molar-refractivity contribution in [1.29, 1.82) is 0 Å². The normalized spacial score (nSPS) is 19.7. The molecular formula is C16H23ClN2O. The number of hydrogen-bond acceptors (Lipinski definition) is 3. The van der Waals surface area contributed by atoms with Gasteiger partial charge >= 0.3 is 0 Å². The molecule has 1 aromatic carbocycles. The molecule has 4 heteroatoms. The predicted molar refractivity (Wildman–Crippen MR) is 83.5 cm³/mol. The Bertz CT molecular complexity index is 464. The zero-order valence-electron chi connectivity index (χ0n) is 12.3. The van der Waals surface area contributed by atoms with Crippen LogP contribution in [0.15, 0.2) is 24.3 Å². The maximum atomic E-state index is 12.1. The van der Waals surface area contributed by atoms with Crippen molar-refractivity contribution in [2.75, 3.05) is 40.3 Å². The van der Waals surface area contributed by atoms with Crippen molar-refractivity contribution in [3.05, 3.63) is 34.9 Å². The molecule has 1 saturated heterocycles. The molecule has 0 radical (unpaired) electrons. The monoisotopic (exact) mass is 294 g/mol. The van der Waals surface area contributed by atoms with E-state index in [9.17, 15) is 4.79 Å². The van der Waals surface area contributed by atoms with Crippen LogP contribution in [0.3, 0.4) is 0 Å². The van der Waals surface area contributed by atoms with Crippen molar-refractivity contribution >= 4 is 17.4 Å². The van der Waals surface area contributed by atoms with Crippen LogP contribution in [0.5, 0.6) is 0 Å². The van der Waals surface area contributed by atoms with E-state index in [4.69, 9.17) is 11.6 Å². The summed E-state index contributed by atoms with van der Waals surface area (Å²) in [6, 6.07) is 7.28. The van der Waals surface area contributed by atoms with Crippen molar-refractivity contribution < 1.29 is 4.79 Å². The molecule has 1 unspecified atom stereocenters. The van der Waals surface area contributed by atoms with Crippen LogP contribution in [0.1, 0.15) is 23.2 Å². The van der Waals surface area contributed by atoms with Crippen molar-refractivity contribution in [3.63, 3.8) is 0 Å². The summed E-state index contributed by atoms with van der Waals surface area (Å²) in [5.41, 5.74) is 0.642. The highest BCUT2D eigenvalue weighted by Crippen LogP contribution is 2.18. The third kappa shape index (κ3) is 4.30. The predicted octanol–water partition coefficient (Wildman–Crippen LogP) is 2.80. The summed E-state index contributed by atoms with van der Waals surface area (Å²) in [6.45, 7) is 4.23. The van der Waals surface area contributed by atoms with Crippen molar-refractivity contribution in [1.82, 2.24) is 9.80 Å². The lowest BCUT2D eigenvalue weighted by Crippen LogP contribution is -2.29.